The molecule has 1 atom stereocenters. The molecule has 4 heteroatoms. The first kappa shape index (κ1) is 16.3. The monoisotopic (exact) mass is 281 g/mol. The van der Waals surface area contributed by atoms with E-state index < -0.39 is 0 Å². The zero-order valence-electron chi connectivity index (χ0n) is 12.8. The minimum absolute atomic E-state index is 0.489. The van der Waals surface area contributed by atoms with Gasteiger partial charge in [-0.1, -0.05) is 20.8 Å². The standard InChI is InChI=1S/C15H27N3S/c1-6-14(11-19-5)18(4)15-7-8-16-13(9-15)10-17-12(2)3/h7-9,12,14,17H,6,10-11H2,1-5H3. The van der Waals surface area contributed by atoms with Gasteiger partial charge in [-0.3, -0.25) is 4.98 Å². The van der Waals surface area contributed by atoms with Gasteiger partial charge < -0.3 is 10.2 Å². The van der Waals surface area contributed by atoms with Gasteiger partial charge in [0, 0.05) is 43.3 Å². The Kier molecular flexibility index (Phi) is 7.24. The summed E-state index contributed by atoms with van der Waals surface area (Å²) in [5, 5.41) is 3.41. The van der Waals surface area contributed by atoms with E-state index in [0.29, 0.717) is 12.1 Å². The first-order valence-electron chi connectivity index (χ1n) is 6.98. The van der Waals surface area contributed by atoms with E-state index in [0.717, 1.165) is 18.0 Å². The third-order valence-corrected chi connectivity index (χ3v) is 3.99. The van der Waals surface area contributed by atoms with E-state index in [9.17, 15) is 0 Å². The topological polar surface area (TPSA) is 28.2 Å². The number of nitrogens with one attached hydrogen (secondary N) is 1. The van der Waals surface area contributed by atoms with Crippen LogP contribution in [0.15, 0.2) is 18.3 Å². The Morgan fingerprint density at radius 2 is 2.16 bits per heavy atom. The molecule has 0 saturated carbocycles. The van der Waals surface area contributed by atoms with Crippen molar-refractivity contribution in [2.24, 2.45) is 0 Å². The number of anilines is 1. The molecule has 0 aromatic carbocycles. The fraction of sp³-hybridized carbons (Fsp3) is 0.667. The Hall–Kier alpha value is -0.740. The van der Waals surface area contributed by atoms with Gasteiger partial charge in [0.05, 0.1) is 5.69 Å². The molecule has 0 bridgehead atoms. The van der Waals surface area contributed by atoms with Crippen LogP contribution in [0.2, 0.25) is 0 Å². The predicted octanol–water partition coefficient (Wildman–Crippen LogP) is 3.16. The van der Waals surface area contributed by atoms with Gasteiger partial charge in [-0.25, -0.2) is 0 Å². The first-order chi connectivity index (χ1) is 9.08. The number of rotatable bonds is 8. The number of hydrogen-bond donors (Lipinski definition) is 1. The van der Waals surface area contributed by atoms with Crippen molar-refractivity contribution in [3.05, 3.63) is 24.0 Å². The molecule has 1 unspecified atom stereocenters. The summed E-state index contributed by atoms with van der Waals surface area (Å²) in [4.78, 5) is 6.80. The number of pyridine rings is 1. The van der Waals surface area contributed by atoms with Crippen molar-refractivity contribution >= 4 is 17.4 Å². The van der Waals surface area contributed by atoms with Crippen molar-refractivity contribution in [2.45, 2.75) is 45.8 Å². The van der Waals surface area contributed by atoms with E-state index in [1.165, 1.54) is 12.1 Å². The molecule has 0 fully saturated rings. The van der Waals surface area contributed by atoms with Crippen molar-refractivity contribution in [2.75, 3.05) is 24.0 Å². The molecular weight excluding hydrogens is 254 g/mol. The van der Waals surface area contributed by atoms with Crippen molar-refractivity contribution in [1.82, 2.24) is 10.3 Å². The van der Waals surface area contributed by atoms with Crippen molar-refractivity contribution in [3.8, 4) is 0 Å². The smallest absolute Gasteiger partial charge is 0.0562 e. The lowest BCUT2D eigenvalue weighted by molar-refractivity contribution is 0.581. The quantitative estimate of drug-likeness (QED) is 0.792. The lowest BCUT2D eigenvalue weighted by Gasteiger charge is -2.29. The molecule has 1 heterocycles. The van der Waals surface area contributed by atoms with Crippen molar-refractivity contribution in [3.63, 3.8) is 0 Å². The minimum atomic E-state index is 0.489. The molecule has 19 heavy (non-hydrogen) atoms. The average molecular weight is 281 g/mol. The summed E-state index contributed by atoms with van der Waals surface area (Å²) in [5.41, 5.74) is 2.37. The lowest BCUT2D eigenvalue weighted by Crippen LogP contribution is -2.33. The molecule has 0 radical (unpaired) electrons. The van der Waals surface area contributed by atoms with Gasteiger partial charge in [-0.15, -0.1) is 0 Å². The summed E-state index contributed by atoms with van der Waals surface area (Å²) in [6.07, 6.45) is 5.25. The molecule has 3 nitrogen and oxygen atoms in total. The van der Waals surface area contributed by atoms with Gasteiger partial charge in [0.15, 0.2) is 0 Å². The summed E-state index contributed by atoms with van der Waals surface area (Å²) >= 11 is 1.91. The second-order valence-corrected chi connectivity index (χ2v) is 6.08. The van der Waals surface area contributed by atoms with Crippen LogP contribution in [0.1, 0.15) is 32.9 Å². The van der Waals surface area contributed by atoms with Crippen LogP contribution in [0, 0.1) is 0 Å². The average Bonchev–Trinajstić information content (AvgIpc) is 2.42. The number of hydrogen-bond acceptors (Lipinski definition) is 4. The zero-order valence-corrected chi connectivity index (χ0v) is 13.6. The van der Waals surface area contributed by atoms with E-state index >= 15 is 0 Å². The number of aromatic nitrogens is 1. The van der Waals surface area contributed by atoms with Crippen molar-refractivity contribution < 1.29 is 0 Å². The highest BCUT2D eigenvalue weighted by atomic mass is 32.2. The molecule has 108 valence electrons. The summed E-state index contributed by atoms with van der Waals surface area (Å²) in [7, 11) is 2.18. The Balaban J connectivity index is 2.73. The Bertz CT molecular complexity index is 368. The highest BCUT2D eigenvalue weighted by Gasteiger charge is 2.13. The second-order valence-electron chi connectivity index (χ2n) is 5.17. The second kappa shape index (κ2) is 8.43. The van der Waals surface area contributed by atoms with Gasteiger partial charge in [0.2, 0.25) is 0 Å². The molecule has 1 aromatic rings. The number of nitrogens with zero attached hydrogens (tertiary/aromatic N) is 2. The fourth-order valence-corrected chi connectivity index (χ4v) is 2.84. The van der Waals surface area contributed by atoms with Gasteiger partial charge in [-0.2, -0.15) is 11.8 Å². The van der Waals surface area contributed by atoms with Crippen LogP contribution in [-0.2, 0) is 6.54 Å². The van der Waals surface area contributed by atoms with Crippen LogP contribution in [0.4, 0.5) is 5.69 Å². The lowest BCUT2D eigenvalue weighted by atomic mass is 10.2. The summed E-state index contributed by atoms with van der Waals surface area (Å²) in [5.74, 6) is 1.16. The van der Waals surface area contributed by atoms with E-state index in [-0.39, 0.29) is 0 Å². The Labute approximate surface area is 122 Å². The van der Waals surface area contributed by atoms with Gasteiger partial charge in [0.25, 0.3) is 0 Å². The number of thioether (sulfide) groups is 1. The minimum Gasteiger partial charge on any atom is -0.371 e. The molecule has 0 saturated heterocycles. The van der Waals surface area contributed by atoms with E-state index in [4.69, 9.17) is 0 Å². The van der Waals surface area contributed by atoms with Crippen LogP contribution in [0.25, 0.3) is 0 Å². The molecule has 1 rings (SSSR count). The Morgan fingerprint density at radius 3 is 2.74 bits per heavy atom. The fourth-order valence-electron chi connectivity index (χ4n) is 2.00. The molecule has 1 N–H and O–H groups in total. The van der Waals surface area contributed by atoms with Crippen molar-refractivity contribution in [1.29, 1.82) is 0 Å². The summed E-state index contributed by atoms with van der Waals surface area (Å²) in [6, 6.07) is 5.37. The van der Waals surface area contributed by atoms with E-state index in [1.807, 2.05) is 18.0 Å². The van der Waals surface area contributed by atoms with Gasteiger partial charge >= 0.3 is 0 Å². The van der Waals surface area contributed by atoms with Gasteiger partial charge in [0.1, 0.15) is 0 Å². The zero-order chi connectivity index (χ0) is 14.3. The van der Waals surface area contributed by atoms with E-state index in [1.54, 1.807) is 0 Å². The molecule has 0 amide bonds. The third-order valence-electron chi connectivity index (χ3n) is 3.28. The highest BCUT2D eigenvalue weighted by molar-refractivity contribution is 7.98. The SMILES string of the molecule is CCC(CSC)N(C)c1ccnc(CNC(C)C)c1. The van der Waals surface area contributed by atoms with Crippen LogP contribution in [-0.4, -0.2) is 36.1 Å². The highest BCUT2D eigenvalue weighted by Crippen LogP contribution is 2.19. The largest absolute Gasteiger partial charge is 0.371 e. The maximum Gasteiger partial charge on any atom is 0.0562 e. The van der Waals surface area contributed by atoms with Gasteiger partial charge in [-0.05, 0) is 24.8 Å². The maximum atomic E-state index is 4.43. The first-order valence-corrected chi connectivity index (χ1v) is 8.38. The van der Waals surface area contributed by atoms with Crippen LogP contribution in [0.5, 0.6) is 0 Å². The van der Waals surface area contributed by atoms with Crippen LogP contribution in [0.3, 0.4) is 0 Å². The molecule has 0 aliphatic carbocycles. The summed E-state index contributed by atoms with van der Waals surface area (Å²) < 4.78 is 0. The normalized spacial score (nSPS) is 12.7. The molecule has 1 aromatic heterocycles. The molecule has 0 spiro atoms. The summed E-state index contributed by atoms with van der Waals surface area (Å²) in [6.45, 7) is 7.39. The van der Waals surface area contributed by atoms with Crippen LogP contribution >= 0.6 is 11.8 Å². The Morgan fingerprint density at radius 1 is 1.42 bits per heavy atom. The maximum absolute atomic E-state index is 4.43. The third kappa shape index (κ3) is 5.41. The molecular formula is C15H27N3S. The molecule has 0 aliphatic heterocycles. The van der Waals surface area contributed by atoms with Crippen LogP contribution < -0.4 is 10.2 Å². The predicted molar refractivity (Wildman–Crippen MR) is 87.1 cm³/mol. The van der Waals surface area contributed by atoms with E-state index in [2.05, 4.69) is 61.4 Å². The molecule has 0 aliphatic rings.